The fourth-order valence-corrected chi connectivity index (χ4v) is 2.95. The van der Waals surface area contributed by atoms with Crippen molar-refractivity contribution in [3.05, 3.63) is 64.1 Å². The number of anilines is 2. The van der Waals surface area contributed by atoms with Crippen molar-refractivity contribution < 1.29 is 9.59 Å². The number of halogens is 2. The first-order chi connectivity index (χ1) is 12.0. The van der Waals surface area contributed by atoms with Gasteiger partial charge in [0.15, 0.2) is 0 Å². The molecule has 128 valence electrons. The molecule has 4 nitrogen and oxygen atoms in total. The molecule has 2 aromatic rings. The fourth-order valence-electron chi connectivity index (χ4n) is 2.64. The van der Waals surface area contributed by atoms with E-state index < -0.39 is 0 Å². The number of benzene rings is 2. The molecule has 25 heavy (non-hydrogen) atoms. The molecule has 1 saturated heterocycles. The number of nitrogens with one attached hydrogen (secondary N) is 1. The second-order valence-electron chi connectivity index (χ2n) is 5.70. The molecule has 3 rings (SSSR count). The van der Waals surface area contributed by atoms with E-state index in [0.29, 0.717) is 28.7 Å². The lowest BCUT2D eigenvalue weighted by Crippen LogP contribution is -2.23. The van der Waals surface area contributed by atoms with Crippen LogP contribution in [0, 0.1) is 0 Å². The van der Waals surface area contributed by atoms with Crippen LogP contribution in [0.25, 0.3) is 6.08 Å². The van der Waals surface area contributed by atoms with Gasteiger partial charge in [-0.15, -0.1) is 0 Å². The van der Waals surface area contributed by atoms with Gasteiger partial charge in [0, 0.05) is 30.4 Å². The minimum Gasteiger partial charge on any atom is -0.322 e. The molecule has 1 fully saturated rings. The highest BCUT2D eigenvalue weighted by atomic mass is 35.5. The first kappa shape index (κ1) is 17.5. The molecule has 6 heteroatoms. The number of carbonyl (C=O) groups excluding carboxylic acids is 2. The predicted octanol–water partition coefficient (Wildman–Crippen LogP) is 4.77. The minimum atomic E-state index is -0.268. The van der Waals surface area contributed by atoms with Gasteiger partial charge in [-0.3, -0.25) is 9.59 Å². The molecule has 0 aliphatic carbocycles. The van der Waals surface area contributed by atoms with Crippen molar-refractivity contribution in [2.75, 3.05) is 16.8 Å². The molecule has 1 aliphatic rings. The molecule has 0 spiro atoms. The normalized spacial score (nSPS) is 14.3. The maximum Gasteiger partial charge on any atom is 0.248 e. The van der Waals surface area contributed by atoms with Gasteiger partial charge in [0.2, 0.25) is 11.8 Å². The van der Waals surface area contributed by atoms with Gasteiger partial charge in [-0.2, -0.15) is 0 Å². The third kappa shape index (κ3) is 4.41. The van der Waals surface area contributed by atoms with Gasteiger partial charge in [0.05, 0.1) is 10.0 Å². The molecule has 1 aliphatic heterocycles. The van der Waals surface area contributed by atoms with Crippen molar-refractivity contribution in [2.24, 2.45) is 0 Å². The highest BCUT2D eigenvalue weighted by Gasteiger charge is 2.21. The molecule has 2 aromatic carbocycles. The van der Waals surface area contributed by atoms with Crippen LogP contribution in [0.2, 0.25) is 10.0 Å². The van der Waals surface area contributed by atoms with Crippen molar-refractivity contribution in [3.63, 3.8) is 0 Å². The van der Waals surface area contributed by atoms with Crippen LogP contribution in [0.1, 0.15) is 18.4 Å². The summed E-state index contributed by atoms with van der Waals surface area (Å²) >= 11 is 11.8. The van der Waals surface area contributed by atoms with E-state index >= 15 is 0 Å². The van der Waals surface area contributed by atoms with Gasteiger partial charge in [-0.25, -0.2) is 0 Å². The third-order valence-electron chi connectivity index (χ3n) is 3.87. The third-order valence-corrected chi connectivity index (χ3v) is 4.61. The highest BCUT2D eigenvalue weighted by Crippen LogP contribution is 2.25. The van der Waals surface area contributed by atoms with Crippen LogP contribution >= 0.6 is 23.2 Å². The monoisotopic (exact) mass is 374 g/mol. The second-order valence-corrected chi connectivity index (χ2v) is 6.51. The summed E-state index contributed by atoms with van der Waals surface area (Å²) in [4.78, 5) is 25.7. The zero-order valence-electron chi connectivity index (χ0n) is 13.3. The molecule has 1 N–H and O–H groups in total. The zero-order chi connectivity index (χ0) is 17.8. The Morgan fingerprint density at radius 3 is 2.68 bits per heavy atom. The number of hydrogen-bond donors (Lipinski definition) is 1. The summed E-state index contributed by atoms with van der Waals surface area (Å²) in [5.41, 5.74) is 2.22. The number of amides is 2. The average molecular weight is 375 g/mol. The van der Waals surface area contributed by atoms with Crippen molar-refractivity contribution >= 4 is 52.5 Å². The molecule has 0 aromatic heterocycles. The summed E-state index contributed by atoms with van der Waals surface area (Å²) in [5, 5.41) is 3.70. The molecule has 0 unspecified atom stereocenters. The Morgan fingerprint density at radius 2 is 1.96 bits per heavy atom. The maximum absolute atomic E-state index is 12.1. The Bertz CT molecular complexity index is 849. The molecule has 0 radical (unpaired) electrons. The van der Waals surface area contributed by atoms with Crippen LogP contribution in [0.4, 0.5) is 11.4 Å². The van der Waals surface area contributed by atoms with Crippen LogP contribution in [-0.4, -0.2) is 18.4 Å². The van der Waals surface area contributed by atoms with Crippen LogP contribution in [0.3, 0.4) is 0 Å². The lowest BCUT2D eigenvalue weighted by Gasteiger charge is -2.16. The minimum absolute atomic E-state index is 0.114. The van der Waals surface area contributed by atoms with E-state index in [1.807, 2.05) is 12.1 Å². The summed E-state index contributed by atoms with van der Waals surface area (Å²) < 4.78 is 0. The summed E-state index contributed by atoms with van der Waals surface area (Å²) in [5.74, 6) is -0.154. The lowest BCUT2D eigenvalue weighted by molar-refractivity contribution is -0.117. The van der Waals surface area contributed by atoms with E-state index in [4.69, 9.17) is 23.2 Å². The van der Waals surface area contributed by atoms with Crippen molar-refractivity contribution in [3.8, 4) is 0 Å². The van der Waals surface area contributed by atoms with E-state index in [9.17, 15) is 9.59 Å². The van der Waals surface area contributed by atoms with E-state index in [1.165, 1.54) is 6.08 Å². The van der Waals surface area contributed by atoms with E-state index in [0.717, 1.165) is 17.7 Å². The smallest absolute Gasteiger partial charge is 0.248 e. The maximum atomic E-state index is 12.1. The number of rotatable bonds is 4. The Balaban J connectivity index is 1.67. The van der Waals surface area contributed by atoms with E-state index in [-0.39, 0.29) is 11.8 Å². The standard InChI is InChI=1S/C19H16Cl2N2O2/c20-16-8-6-13(11-17(16)21)7-9-18(24)22-14-3-1-4-15(12-14)23-10-2-5-19(23)25/h1,3-4,6-9,11-12H,2,5,10H2,(H,22,24)/b9-7+. The van der Waals surface area contributed by atoms with Crippen molar-refractivity contribution in [2.45, 2.75) is 12.8 Å². The van der Waals surface area contributed by atoms with Crippen LogP contribution in [-0.2, 0) is 9.59 Å². The summed E-state index contributed by atoms with van der Waals surface area (Å²) in [6.45, 7) is 0.716. The van der Waals surface area contributed by atoms with Gasteiger partial charge >= 0.3 is 0 Å². The highest BCUT2D eigenvalue weighted by molar-refractivity contribution is 6.42. The molecule has 0 atom stereocenters. The summed E-state index contributed by atoms with van der Waals surface area (Å²) in [6.07, 6.45) is 4.52. The number of carbonyl (C=O) groups is 2. The van der Waals surface area contributed by atoms with Crippen LogP contribution < -0.4 is 10.2 Å². The molecule has 0 saturated carbocycles. The van der Waals surface area contributed by atoms with Gasteiger partial charge < -0.3 is 10.2 Å². The largest absolute Gasteiger partial charge is 0.322 e. The van der Waals surface area contributed by atoms with E-state index in [2.05, 4.69) is 5.32 Å². The Morgan fingerprint density at radius 1 is 1.12 bits per heavy atom. The summed E-state index contributed by atoms with van der Waals surface area (Å²) in [7, 11) is 0. The van der Waals surface area contributed by atoms with Gasteiger partial charge in [-0.1, -0.05) is 35.3 Å². The predicted molar refractivity (Wildman–Crippen MR) is 102 cm³/mol. The Hall–Kier alpha value is -2.30. The SMILES string of the molecule is O=C(/C=C/c1ccc(Cl)c(Cl)c1)Nc1cccc(N2CCCC2=O)c1. The topological polar surface area (TPSA) is 49.4 Å². The molecule has 2 amide bonds. The fraction of sp³-hybridized carbons (Fsp3) is 0.158. The van der Waals surface area contributed by atoms with Crippen LogP contribution in [0.5, 0.6) is 0 Å². The van der Waals surface area contributed by atoms with E-state index in [1.54, 1.807) is 41.3 Å². The number of nitrogens with zero attached hydrogens (tertiary/aromatic N) is 1. The Kier molecular flexibility index (Phi) is 5.41. The molecule has 1 heterocycles. The molecule has 0 bridgehead atoms. The van der Waals surface area contributed by atoms with Gasteiger partial charge in [0.25, 0.3) is 0 Å². The van der Waals surface area contributed by atoms with Gasteiger partial charge in [-0.05, 0) is 48.4 Å². The van der Waals surface area contributed by atoms with Crippen molar-refractivity contribution in [1.29, 1.82) is 0 Å². The number of hydrogen-bond acceptors (Lipinski definition) is 2. The molecular weight excluding hydrogens is 359 g/mol. The Labute approximate surface area is 156 Å². The second kappa shape index (κ2) is 7.72. The zero-order valence-corrected chi connectivity index (χ0v) is 14.8. The van der Waals surface area contributed by atoms with Gasteiger partial charge in [0.1, 0.15) is 0 Å². The first-order valence-corrected chi connectivity index (χ1v) is 8.63. The van der Waals surface area contributed by atoms with Crippen molar-refractivity contribution in [1.82, 2.24) is 0 Å². The first-order valence-electron chi connectivity index (χ1n) is 7.87. The molecular formula is C19H16Cl2N2O2. The average Bonchev–Trinajstić information content (AvgIpc) is 3.02. The summed E-state index contributed by atoms with van der Waals surface area (Å²) in [6, 6.07) is 12.4. The van der Waals surface area contributed by atoms with Crippen LogP contribution in [0.15, 0.2) is 48.5 Å². The lowest BCUT2D eigenvalue weighted by atomic mass is 10.2. The quantitative estimate of drug-likeness (QED) is 0.783.